The molecule has 1 unspecified atom stereocenters. The third kappa shape index (κ3) is 3.63. The maximum atomic E-state index is 11.1. The van der Waals surface area contributed by atoms with Crippen molar-refractivity contribution >= 4 is 5.97 Å². The summed E-state index contributed by atoms with van der Waals surface area (Å²) in [6.45, 7) is 4.08. The molecule has 1 aromatic carbocycles. The van der Waals surface area contributed by atoms with Gasteiger partial charge < -0.3 is 19.7 Å². The van der Waals surface area contributed by atoms with Crippen LogP contribution in [0.3, 0.4) is 0 Å². The van der Waals surface area contributed by atoms with Crippen LogP contribution in [0, 0.1) is 0 Å². The number of aliphatic hydroxyl groups excluding tert-OH is 1. The van der Waals surface area contributed by atoms with Crippen molar-refractivity contribution in [2.75, 3.05) is 13.2 Å². The number of benzene rings is 1. The summed E-state index contributed by atoms with van der Waals surface area (Å²) in [5.74, 6) is -0.544. The fourth-order valence-electron chi connectivity index (χ4n) is 1.40. The highest BCUT2D eigenvalue weighted by Gasteiger charge is 2.17. The first-order valence-electron chi connectivity index (χ1n) is 5.90. The molecule has 0 spiro atoms. The van der Waals surface area contributed by atoms with Crippen LogP contribution < -0.4 is 9.47 Å². The van der Waals surface area contributed by atoms with Crippen molar-refractivity contribution in [3.8, 4) is 11.5 Å². The van der Waals surface area contributed by atoms with E-state index >= 15 is 0 Å². The highest BCUT2D eigenvalue weighted by Crippen LogP contribution is 2.31. The molecule has 1 rings (SSSR count). The average Bonchev–Trinajstić information content (AvgIpc) is 2.36. The van der Waals surface area contributed by atoms with Gasteiger partial charge in [-0.25, -0.2) is 4.79 Å². The molecule has 2 N–H and O–H groups in total. The van der Waals surface area contributed by atoms with Gasteiger partial charge in [-0.05, 0) is 25.5 Å². The van der Waals surface area contributed by atoms with Crippen molar-refractivity contribution < 1.29 is 24.5 Å². The van der Waals surface area contributed by atoms with Gasteiger partial charge in [-0.2, -0.15) is 0 Å². The molecule has 0 bridgehead atoms. The summed E-state index contributed by atoms with van der Waals surface area (Å²) in [5.41, 5.74) is 0.0317. The topological polar surface area (TPSA) is 76.0 Å². The van der Waals surface area contributed by atoms with Gasteiger partial charge >= 0.3 is 5.97 Å². The lowest BCUT2D eigenvalue weighted by molar-refractivity contribution is 0.0679. The van der Waals surface area contributed by atoms with Crippen molar-refractivity contribution in [3.05, 3.63) is 23.8 Å². The van der Waals surface area contributed by atoms with Gasteiger partial charge in [0, 0.05) is 0 Å². The Bertz CT molecular complexity index is 402. The van der Waals surface area contributed by atoms with Gasteiger partial charge in [0.25, 0.3) is 0 Å². The van der Waals surface area contributed by atoms with E-state index in [1.165, 1.54) is 6.07 Å². The van der Waals surface area contributed by atoms with E-state index in [9.17, 15) is 9.90 Å². The molecule has 0 aromatic heterocycles. The summed E-state index contributed by atoms with van der Waals surface area (Å²) in [5, 5.41) is 18.5. The lowest BCUT2D eigenvalue weighted by Gasteiger charge is -2.15. The van der Waals surface area contributed by atoms with Crippen LogP contribution in [0.25, 0.3) is 0 Å². The van der Waals surface area contributed by atoms with Crippen molar-refractivity contribution in [1.29, 1.82) is 0 Å². The smallest absolute Gasteiger partial charge is 0.339 e. The third-order valence-electron chi connectivity index (χ3n) is 2.40. The van der Waals surface area contributed by atoms with Gasteiger partial charge in [0.05, 0.1) is 12.7 Å². The number of aromatic carboxylic acids is 1. The Hall–Kier alpha value is -1.75. The Balaban J connectivity index is 2.98. The molecule has 100 valence electrons. The fraction of sp³-hybridized carbons (Fsp3) is 0.462. The van der Waals surface area contributed by atoms with E-state index in [2.05, 4.69) is 0 Å². The van der Waals surface area contributed by atoms with Crippen LogP contribution in [0.4, 0.5) is 0 Å². The molecule has 0 heterocycles. The minimum Gasteiger partial charge on any atom is -0.490 e. The van der Waals surface area contributed by atoms with Crippen LogP contribution in [0.2, 0.25) is 0 Å². The van der Waals surface area contributed by atoms with Crippen molar-refractivity contribution in [2.45, 2.75) is 26.4 Å². The number of aliphatic hydroxyl groups is 1. The number of ether oxygens (including phenoxy) is 2. The lowest BCUT2D eigenvalue weighted by Crippen LogP contribution is -2.17. The number of hydrogen-bond acceptors (Lipinski definition) is 4. The molecule has 0 aliphatic rings. The number of rotatable bonds is 7. The van der Waals surface area contributed by atoms with Gasteiger partial charge in [0.1, 0.15) is 12.2 Å². The molecule has 5 heteroatoms. The molecule has 5 nitrogen and oxygen atoms in total. The van der Waals surface area contributed by atoms with E-state index in [-0.39, 0.29) is 17.9 Å². The molecule has 0 aliphatic heterocycles. The zero-order chi connectivity index (χ0) is 13.5. The van der Waals surface area contributed by atoms with E-state index in [0.717, 1.165) is 0 Å². The predicted octanol–water partition coefficient (Wildman–Crippen LogP) is 1.93. The van der Waals surface area contributed by atoms with Crippen molar-refractivity contribution in [2.24, 2.45) is 0 Å². The maximum Gasteiger partial charge on any atom is 0.339 e. The van der Waals surface area contributed by atoms with E-state index < -0.39 is 12.1 Å². The molecule has 0 saturated heterocycles. The minimum absolute atomic E-state index is 0.0317. The number of carboxylic acids is 1. The largest absolute Gasteiger partial charge is 0.490 e. The molecule has 1 aromatic rings. The van der Waals surface area contributed by atoms with Gasteiger partial charge in [-0.3, -0.25) is 0 Å². The zero-order valence-corrected chi connectivity index (χ0v) is 10.5. The molecule has 0 fully saturated rings. The van der Waals surface area contributed by atoms with E-state index in [1.54, 1.807) is 19.1 Å². The second kappa shape index (κ2) is 6.86. The first-order valence-corrected chi connectivity index (χ1v) is 5.90. The Labute approximate surface area is 106 Å². The Morgan fingerprint density at radius 1 is 1.33 bits per heavy atom. The summed E-state index contributed by atoms with van der Waals surface area (Å²) in [4.78, 5) is 11.1. The fourth-order valence-corrected chi connectivity index (χ4v) is 1.40. The van der Waals surface area contributed by atoms with E-state index in [0.29, 0.717) is 18.8 Å². The summed E-state index contributed by atoms with van der Waals surface area (Å²) >= 11 is 0. The third-order valence-corrected chi connectivity index (χ3v) is 2.40. The second-order valence-electron chi connectivity index (χ2n) is 3.74. The molecular formula is C13H18O5. The van der Waals surface area contributed by atoms with Gasteiger partial charge in [-0.15, -0.1) is 0 Å². The number of carboxylic acid groups (broad SMARTS) is 1. The average molecular weight is 254 g/mol. The highest BCUT2D eigenvalue weighted by atomic mass is 16.5. The standard InChI is InChI=1S/C13H18O5/c1-3-9(14)8-18-12-10(13(15)16)6-5-7-11(12)17-4-2/h5-7,9,14H,3-4,8H2,1-2H3,(H,15,16). The molecule has 0 aliphatic carbocycles. The Morgan fingerprint density at radius 2 is 2.06 bits per heavy atom. The summed E-state index contributed by atoms with van der Waals surface area (Å²) < 4.78 is 10.7. The second-order valence-corrected chi connectivity index (χ2v) is 3.74. The summed E-state index contributed by atoms with van der Waals surface area (Å²) in [6.07, 6.45) is -0.0829. The van der Waals surface area contributed by atoms with Gasteiger partial charge in [0.2, 0.25) is 0 Å². The number of para-hydroxylation sites is 1. The van der Waals surface area contributed by atoms with Crippen LogP contribution in [0.5, 0.6) is 11.5 Å². The highest BCUT2D eigenvalue weighted by molar-refractivity contribution is 5.92. The number of hydrogen-bond donors (Lipinski definition) is 2. The molecule has 0 saturated carbocycles. The lowest BCUT2D eigenvalue weighted by atomic mass is 10.2. The van der Waals surface area contributed by atoms with Crippen LogP contribution in [0.1, 0.15) is 30.6 Å². The van der Waals surface area contributed by atoms with Crippen molar-refractivity contribution in [1.82, 2.24) is 0 Å². The van der Waals surface area contributed by atoms with Gasteiger partial charge in [0.15, 0.2) is 11.5 Å². The first-order chi connectivity index (χ1) is 8.60. The molecule has 0 radical (unpaired) electrons. The van der Waals surface area contributed by atoms with Crippen LogP contribution in [-0.2, 0) is 0 Å². The van der Waals surface area contributed by atoms with Crippen molar-refractivity contribution in [3.63, 3.8) is 0 Å². The Kier molecular flexibility index (Phi) is 5.45. The minimum atomic E-state index is -1.09. The molecule has 18 heavy (non-hydrogen) atoms. The molecule has 1 atom stereocenters. The monoisotopic (exact) mass is 254 g/mol. The number of carbonyl (C=O) groups is 1. The van der Waals surface area contributed by atoms with Gasteiger partial charge in [-0.1, -0.05) is 13.0 Å². The SMILES string of the molecule is CCOc1cccc(C(=O)O)c1OCC(O)CC. The zero-order valence-electron chi connectivity index (χ0n) is 10.5. The summed E-state index contributed by atoms with van der Waals surface area (Å²) in [6, 6.07) is 4.68. The maximum absolute atomic E-state index is 11.1. The normalized spacial score (nSPS) is 11.9. The molecular weight excluding hydrogens is 236 g/mol. The Morgan fingerprint density at radius 3 is 2.61 bits per heavy atom. The molecule has 0 amide bonds. The quantitative estimate of drug-likeness (QED) is 0.777. The van der Waals surface area contributed by atoms with E-state index in [4.69, 9.17) is 14.6 Å². The van der Waals surface area contributed by atoms with Crippen LogP contribution in [0.15, 0.2) is 18.2 Å². The first kappa shape index (κ1) is 14.3. The summed E-state index contributed by atoms with van der Waals surface area (Å²) in [7, 11) is 0. The van der Waals surface area contributed by atoms with Crippen LogP contribution in [-0.4, -0.2) is 35.5 Å². The van der Waals surface area contributed by atoms with Crippen LogP contribution >= 0.6 is 0 Å². The van der Waals surface area contributed by atoms with E-state index in [1.807, 2.05) is 6.92 Å². The predicted molar refractivity (Wildman–Crippen MR) is 66.4 cm³/mol.